The first-order chi connectivity index (χ1) is 15.9. The Labute approximate surface area is 194 Å². The van der Waals surface area contributed by atoms with E-state index in [-0.39, 0.29) is 12.4 Å². The van der Waals surface area contributed by atoms with Crippen molar-refractivity contribution in [2.75, 3.05) is 0 Å². The molecular weight excluding hydrogens is 446 g/mol. The van der Waals surface area contributed by atoms with E-state index in [0.717, 1.165) is 6.42 Å². The van der Waals surface area contributed by atoms with Crippen molar-refractivity contribution < 1.29 is 13.9 Å². The number of benzene rings is 2. The third kappa shape index (κ3) is 3.71. The van der Waals surface area contributed by atoms with Crippen molar-refractivity contribution in [2.45, 2.75) is 36.8 Å². The zero-order valence-electron chi connectivity index (χ0n) is 17.6. The van der Waals surface area contributed by atoms with Crippen LogP contribution < -0.4 is 0 Å². The zero-order chi connectivity index (χ0) is 23.1. The molecule has 0 saturated heterocycles. The predicted molar refractivity (Wildman–Crippen MR) is 120 cm³/mol. The Morgan fingerprint density at radius 1 is 1.06 bits per heavy atom. The van der Waals surface area contributed by atoms with E-state index in [0.29, 0.717) is 40.2 Å². The Hall–Kier alpha value is -3.16. The minimum Gasteiger partial charge on any atom is -0.382 e. The summed E-state index contributed by atoms with van der Waals surface area (Å²) in [5.74, 6) is -0.804. The van der Waals surface area contributed by atoms with Gasteiger partial charge in [0.25, 0.3) is 0 Å². The van der Waals surface area contributed by atoms with E-state index in [9.17, 15) is 13.9 Å². The molecule has 0 radical (unpaired) electrons. The molecule has 1 fully saturated rings. The van der Waals surface area contributed by atoms with Crippen molar-refractivity contribution in [2.24, 2.45) is 0 Å². The average Bonchev–Trinajstić information content (AvgIpc) is 3.27. The van der Waals surface area contributed by atoms with E-state index >= 15 is 0 Å². The smallest absolute Gasteiger partial charge is 0.137 e. The molecule has 8 heteroatoms. The van der Waals surface area contributed by atoms with Crippen molar-refractivity contribution in [3.05, 3.63) is 101 Å². The summed E-state index contributed by atoms with van der Waals surface area (Å²) in [5.41, 5.74) is 0.162. The molecule has 1 aliphatic rings. The maximum atomic E-state index is 14.4. The standard InChI is InChI=1S/C25H21ClF2N4O/c26-19-5-8-21(22(28)12-19)17-2-9-23(30-13-17)24(10-1-11-24)25(33,14-32-16-29-15-31-32)18-3-6-20(27)7-4-18/h2-9,12-13,15-16,33H,1,10-11,14H2. The first kappa shape index (κ1) is 21.7. The molecule has 1 atom stereocenters. The topological polar surface area (TPSA) is 63.8 Å². The average molecular weight is 467 g/mol. The van der Waals surface area contributed by atoms with Crippen LogP contribution in [0, 0.1) is 11.6 Å². The first-order valence-electron chi connectivity index (χ1n) is 10.6. The lowest BCUT2D eigenvalue weighted by Gasteiger charge is -2.53. The van der Waals surface area contributed by atoms with Gasteiger partial charge in [0.1, 0.15) is 29.9 Å². The quantitative estimate of drug-likeness (QED) is 0.420. The largest absolute Gasteiger partial charge is 0.382 e. The van der Waals surface area contributed by atoms with E-state index in [2.05, 4.69) is 15.1 Å². The number of rotatable bonds is 6. The van der Waals surface area contributed by atoms with Gasteiger partial charge in [-0.2, -0.15) is 5.10 Å². The monoisotopic (exact) mass is 466 g/mol. The fourth-order valence-corrected chi connectivity index (χ4v) is 4.92. The van der Waals surface area contributed by atoms with Crippen LogP contribution in [0.5, 0.6) is 0 Å². The minimum absolute atomic E-state index is 0.133. The lowest BCUT2D eigenvalue weighted by Crippen LogP contribution is -2.56. The van der Waals surface area contributed by atoms with E-state index in [1.54, 1.807) is 47.5 Å². The highest BCUT2D eigenvalue weighted by Gasteiger charge is 2.57. The molecule has 1 aliphatic carbocycles. The molecule has 0 bridgehead atoms. The summed E-state index contributed by atoms with van der Waals surface area (Å²) in [6, 6.07) is 14.0. The van der Waals surface area contributed by atoms with Gasteiger partial charge in [0.05, 0.1) is 6.54 Å². The SMILES string of the molecule is OC(Cn1cncn1)(c1ccc(F)cc1)C1(c2ccc(-c3ccc(Cl)cc3F)cn2)CCC1. The van der Waals surface area contributed by atoms with Crippen LogP contribution in [0.15, 0.2) is 73.4 Å². The summed E-state index contributed by atoms with van der Waals surface area (Å²) in [5, 5.41) is 16.7. The van der Waals surface area contributed by atoms with Gasteiger partial charge in [-0.3, -0.25) is 4.98 Å². The van der Waals surface area contributed by atoms with Crippen molar-refractivity contribution in [3.8, 4) is 11.1 Å². The van der Waals surface area contributed by atoms with E-state index in [1.807, 2.05) is 6.07 Å². The van der Waals surface area contributed by atoms with Crippen LogP contribution >= 0.6 is 11.6 Å². The molecule has 168 valence electrons. The Bertz CT molecular complexity index is 1260. The molecule has 0 aliphatic heterocycles. The molecule has 4 aromatic rings. The third-order valence-electron chi connectivity index (χ3n) is 6.67. The molecule has 0 spiro atoms. The van der Waals surface area contributed by atoms with Crippen LogP contribution in [0.25, 0.3) is 11.1 Å². The van der Waals surface area contributed by atoms with Gasteiger partial charge in [-0.25, -0.2) is 18.4 Å². The summed E-state index contributed by atoms with van der Waals surface area (Å²) in [6.45, 7) is 0.133. The van der Waals surface area contributed by atoms with Gasteiger partial charge in [0, 0.05) is 33.5 Å². The predicted octanol–water partition coefficient (Wildman–Crippen LogP) is 5.28. The zero-order valence-corrected chi connectivity index (χ0v) is 18.4. The third-order valence-corrected chi connectivity index (χ3v) is 6.91. The number of pyridine rings is 1. The molecule has 33 heavy (non-hydrogen) atoms. The first-order valence-corrected chi connectivity index (χ1v) is 11.0. The van der Waals surface area contributed by atoms with Crippen LogP contribution in [-0.4, -0.2) is 24.9 Å². The Morgan fingerprint density at radius 3 is 2.42 bits per heavy atom. The number of nitrogens with zero attached hydrogens (tertiary/aromatic N) is 4. The Morgan fingerprint density at radius 2 is 1.85 bits per heavy atom. The van der Waals surface area contributed by atoms with Gasteiger partial charge in [0.15, 0.2) is 0 Å². The number of halogens is 3. The van der Waals surface area contributed by atoms with Gasteiger partial charge >= 0.3 is 0 Å². The summed E-state index contributed by atoms with van der Waals surface area (Å²) in [7, 11) is 0. The maximum Gasteiger partial charge on any atom is 0.137 e. The highest BCUT2D eigenvalue weighted by molar-refractivity contribution is 6.30. The normalized spacial score (nSPS) is 16.7. The second-order valence-electron chi connectivity index (χ2n) is 8.45. The van der Waals surface area contributed by atoms with E-state index < -0.39 is 16.8 Å². The molecule has 2 heterocycles. The van der Waals surface area contributed by atoms with Gasteiger partial charge < -0.3 is 5.11 Å². The Balaban J connectivity index is 1.58. The lowest BCUT2D eigenvalue weighted by molar-refractivity contribution is -0.100. The second kappa shape index (κ2) is 8.32. The number of hydrogen-bond acceptors (Lipinski definition) is 4. The minimum atomic E-state index is -1.41. The molecule has 2 aromatic carbocycles. The molecule has 1 unspecified atom stereocenters. The summed E-state index contributed by atoms with van der Waals surface area (Å²) >= 11 is 5.87. The molecule has 5 nitrogen and oxygen atoms in total. The van der Waals surface area contributed by atoms with Crippen molar-refractivity contribution >= 4 is 11.6 Å². The van der Waals surface area contributed by atoms with Crippen LogP contribution in [-0.2, 0) is 17.6 Å². The summed E-state index contributed by atoms with van der Waals surface area (Å²) in [6.07, 6.45) is 6.86. The maximum absolute atomic E-state index is 14.4. The summed E-state index contributed by atoms with van der Waals surface area (Å²) in [4.78, 5) is 8.66. The van der Waals surface area contributed by atoms with Crippen LogP contribution in [0.2, 0.25) is 5.02 Å². The van der Waals surface area contributed by atoms with E-state index in [1.165, 1.54) is 24.5 Å². The molecule has 5 rings (SSSR count). The molecule has 1 saturated carbocycles. The highest BCUT2D eigenvalue weighted by atomic mass is 35.5. The Kier molecular flexibility index (Phi) is 5.46. The summed E-state index contributed by atoms with van der Waals surface area (Å²) < 4.78 is 29.6. The van der Waals surface area contributed by atoms with E-state index in [4.69, 9.17) is 11.6 Å². The van der Waals surface area contributed by atoms with Crippen molar-refractivity contribution in [1.29, 1.82) is 0 Å². The van der Waals surface area contributed by atoms with Crippen molar-refractivity contribution in [3.63, 3.8) is 0 Å². The lowest BCUT2D eigenvalue weighted by atomic mass is 9.54. The van der Waals surface area contributed by atoms with Crippen LogP contribution in [0.4, 0.5) is 8.78 Å². The fourth-order valence-electron chi connectivity index (χ4n) is 4.77. The van der Waals surface area contributed by atoms with Crippen molar-refractivity contribution in [1.82, 2.24) is 19.7 Å². The molecular formula is C25H21ClF2N4O. The van der Waals surface area contributed by atoms with Gasteiger partial charge in [-0.05, 0) is 54.8 Å². The molecule has 0 amide bonds. The number of aromatic nitrogens is 4. The van der Waals surface area contributed by atoms with Crippen LogP contribution in [0.3, 0.4) is 0 Å². The number of aliphatic hydroxyl groups is 1. The highest BCUT2D eigenvalue weighted by Crippen LogP contribution is 2.55. The fraction of sp³-hybridized carbons (Fsp3) is 0.240. The van der Waals surface area contributed by atoms with Crippen LogP contribution in [0.1, 0.15) is 30.5 Å². The molecule has 2 aromatic heterocycles. The number of hydrogen-bond donors (Lipinski definition) is 1. The van der Waals surface area contributed by atoms with Gasteiger partial charge in [0.2, 0.25) is 0 Å². The van der Waals surface area contributed by atoms with Gasteiger partial charge in [-0.15, -0.1) is 0 Å². The van der Waals surface area contributed by atoms with Gasteiger partial charge in [-0.1, -0.05) is 36.2 Å². The second-order valence-corrected chi connectivity index (χ2v) is 8.89. The molecule has 1 N–H and O–H groups in total.